The summed E-state index contributed by atoms with van der Waals surface area (Å²) in [6.07, 6.45) is 2.71. The van der Waals surface area contributed by atoms with E-state index in [0.717, 1.165) is 18.8 Å². The molecule has 7 heteroatoms. The SMILES string of the molecule is CCCNc1ccnc(Nc2cc(OC)c(Cl)cc2OC)n1. The first-order chi connectivity index (χ1) is 10.7. The number of ether oxygens (including phenoxy) is 2. The number of halogens is 1. The molecule has 0 radical (unpaired) electrons. The van der Waals surface area contributed by atoms with Crippen LogP contribution in [0.2, 0.25) is 5.02 Å². The second kappa shape index (κ2) is 7.70. The maximum atomic E-state index is 6.09. The quantitative estimate of drug-likeness (QED) is 0.810. The molecule has 22 heavy (non-hydrogen) atoms. The Kier molecular flexibility index (Phi) is 5.66. The molecule has 2 N–H and O–H groups in total. The summed E-state index contributed by atoms with van der Waals surface area (Å²) in [6.45, 7) is 2.95. The lowest BCUT2D eigenvalue weighted by atomic mass is 10.2. The molecule has 118 valence electrons. The second-order valence-corrected chi connectivity index (χ2v) is 4.91. The molecular formula is C15H19ClN4O2. The molecule has 2 rings (SSSR count). The molecule has 0 bridgehead atoms. The smallest absolute Gasteiger partial charge is 0.229 e. The van der Waals surface area contributed by atoms with E-state index in [1.165, 1.54) is 0 Å². The van der Waals surface area contributed by atoms with Crippen LogP contribution < -0.4 is 20.1 Å². The van der Waals surface area contributed by atoms with Crippen molar-refractivity contribution in [3.63, 3.8) is 0 Å². The molecule has 0 aliphatic heterocycles. The number of nitrogens with one attached hydrogen (secondary N) is 2. The predicted octanol–water partition coefficient (Wildman–Crippen LogP) is 3.71. The van der Waals surface area contributed by atoms with E-state index >= 15 is 0 Å². The highest BCUT2D eigenvalue weighted by Gasteiger charge is 2.11. The number of aromatic nitrogens is 2. The summed E-state index contributed by atoms with van der Waals surface area (Å²) in [5.41, 5.74) is 0.677. The average molecular weight is 323 g/mol. The van der Waals surface area contributed by atoms with Crippen LogP contribution >= 0.6 is 11.6 Å². The highest BCUT2D eigenvalue weighted by Crippen LogP contribution is 2.36. The maximum absolute atomic E-state index is 6.09. The number of rotatable bonds is 7. The first-order valence-corrected chi connectivity index (χ1v) is 7.31. The molecule has 0 amide bonds. The summed E-state index contributed by atoms with van der Waals surface area (Å²) in [5, 5.41) is 6.81. The van der Waals surface area contributed by atoms with Crippen LogP contribution in [0, 0.1) is 0 Å². The minimum Gasteiger partial charge on any atom is -0.495 e. The van der Waals surface area contributed by atoms with Crippen molar-refractivity contribution in [1.82, 2.24) is 9.97 Å². The molecule has 0 saturated carbocycles. The molecule has 1 heterocycles. The van der Waals surface area contributed by atoms with Gasteiger partial charge in [0.15, 0.2) is 0 Å². The zero-order chi connectivity index (χ0) is 15.9. The number of anilines is 3. The Morgan fingerprint density at radius 3 is 2.64 bits per heavy atom. The summed E-state index contributed by atoms with van der Waals surface area (Å²) >= 11 is 6.09. The van der Waals surface area contributed by atoms with Gasteiger partial charge in [0.2, 0.25) is 5.95 Å². The van der Waals surface area contributed by atoms with Gasteiger partial charge in [0.05, 0.1) is 24.9 Å². The lowest BCUT2D eigenvalue weighted by molar-refractivity contribution is 0.405. The van der Waals surface area contributed by atoms with Crippen molar-refractivity contribution in [2.24, 2.45) is 0 Å². The molecule has 0 unspecified atom stereocenters. The van der Waals surface area contributed by atoms with Crippen molar-refractivity contribution in [3.05, 3.63) is 29.4 Å². The fourth-order valence-electron chi connectivity index (χ4n) is 1.85. The first kappa shape index (κ1) is 16.2. The van der Waals surface area contributed by atoms with E-state index in [0.29, 0.717) is 28.2 Å². The lowest BCUT2D eigenvalue weighted by Crippen LogP contribution is -2.05. The van der Waals surface area contributed by atoms with Crippen LogP contribution in [-0.2, 0) is 0 Å². The van der Waals surface area contributed by atoms with Crippen LogP contribution in [0.4, 0.5) is 17.5 Å². The van der Waals surface area contributed by atoms with Crippen molar-refractivity contribution >= 4 is 29.1 Å². The minimum atomic E-state index is 0.462. The standard InChI is InChI=1S/C15H19ClN4O2/c1-4-6-17-14-5-7-18-15(20-14)19-11-9-12(21-2)10(16)8-13(11)22-3/h5,7-9H,4,6H2,1-3H3,(H2,17,18,19,20). The third kappa shape index (κ3) is 3.92. The average Bonchev–Trinajstić information content (AvgIpc) is 2.54. The number of methoxy groups -OCH3 is 2. The van der Waals surface area contributed by atoms with E-state index in [2.05, 4.69) is 27.5 Å². The van der Waals surface area contributed by atoms with Gasteiger partial charge in [0.1, 0.15) is 17.3 Å². The predicted molar refractivity (Wildman–Crippen MR) is 88.7 cm³/mol. The summed E-state index contributed by atoms with van der Waals surface area (Å²) in [5.74, 6) is 2.36. The zero-order valence-electron chi connectivity index (χ0n) is 12.8. The Balaban J connectivity index is 2.26. The van der Waals surface area contributed by atoms with E-state index in [-0.39, 0.29) is 0 Å². The van der Waals surface area contributed by atoms with E-state index in [9.17, 15) is 0 Å². The van der Waals surface area contributed by atoms with Gasteiger partial charge < -0.3 is 20.1 Å². The van der Waals surface area contributed by atoms with Gasteiger partial charge in [-0.25, -0.2) is 4.98 Å². The summed E-state index contributed by atoms with van der Waals surface area (Å²) < 4.78 is 10.5. The van der Waals surface area contributed by atoms with E-state index in [1.807, 2.05) is 6.07 Å². The fraction of sp³-hybridized carbons (Fsp3) is 0.333. The van der Waals surface area contributed by atoms with E-state index in [1.54, 1.807) is 32.5 Å². The molecule has 0 fully saturated rings. The van der Waals surface area contributed by atoms with Crippen LogP contribution in [0.5, 0.6) is 11.5 Å². The summed E-state index contributed by atoms with van der Waals surface area (Å²) in [6, 6.07) is 5.25. The molecule has 0 atom stereocenters. The normalized spacial score (nSPS) is 10.2. The minimum absolute atomic E-state index is 0.462. The van der Waals surface area contributed by atoms with Gasteiger partial charge in [-0.3, -0.25) is 0 Å². The largest absolute Gasteiger partial charge is 0.495 e. The number of benzene rings is 1. The molecule has 0 aliphatic carbocycles. The van der Waals surface area contributed by atoms with Gasteiger partial charge >= 0.3 is 0 Å². The van der Waals surface area contributed by atoms with Gasteiger partial charge in [-0.15, -0.1) is 0 Å². The Hall–Kier alpha value is -2.21. The topological polar surface area (TPSA) is 68.3 Å². The van der Waals surface area contributed by atoms with Crippen LogP contribution in [0.1, 0.15) is 13.3 Å². The summed E-state index contributed by atoms with van der Waals surface area (Å²) in [4.78, 5) is 8.60. The zero-order valence-corrected chi connectivity index (χ0v) is 13.6. The number of nitrogens with zero attached hydrogens (tertiary/aromatic N) is 2. The van der Waals surface area contributed by atoms with Crippen LogP contribution in [-0.4, -0.2) is 30.7 Å². The second-order valence-electron chi connectivity index (χ2n) is 4.50. The van der Waals surface area contributed by atoms with Crippen molar-refractivity contribution in [1.29, 1.82) is 0 Å². The van der Waals surface area contributed by atoms with Crippen LogP contribution in [0.3, 0.4) is 0 Å². The molecule has 1 aromatic heterocycles. The molecular weight excluding hydrogens is 304 g/mol. The van der Waals surface area contributed by atoms with Crippen molar-refractivity contribution in [3.8, 4) is 11.5 Å². The molecule has 2 aromatic rings. The van der Waals surface area contributed by atoms with E-state index < -0.39 is 0 Å². The Morgan fingerprint density at radius 1 is 1.18 bits per heavy atom. The molecule has 6 nitrogen and oxygen atoms in total. The fourth-order valence-corrected chi connectivity index (χ4v) is 2.08. The van der Waals surface area contributed by atoms with Gasteiger partial charge in [0, 0.05) is 24.9 Å². The molecule has 0 saturated heterocycles. The third-order valence-electron chi connectivity index (χ3n) is 2.93. The first-order valence-electron chi connectivity index (χ1n) is 6.93. The number of hydrogen-bond acceptors (Lipinski definition) is 6. The number of hydrogen-bond donors (Lipinski definition) is 2. The summed E-state index contributed by atoms with van der Waals surface area (Å²) in [7, 11) is 3.13. The molecule has 0 aliphatic rings. The third-order valence-corrected chi connectivity index (χ3v) is 3.23. The highest BCUT2D eigenvalue weighted by molar-refractivity contribution is 6.32. The van der Waals surface area contributed by atoms with Crippen molar-refractivity contribution in [2.45, 2.75) is 13.3 Å². The molecule has 1 aromatic carbocycles. The Bertz CT molecular complexity index is 637. The van der Waals surface area contributed by atoms with Gasteiger partial charge in [0.25, 0.3) is 0 Å². The van der Waals surface area contributed by atoms with Gasteiger partial charge in [-0.05, 0) is 12.5 Å². The van der Waals surface area contributed by atoms with Gasteiger partial charge in [-0.1, -0.05) is 18.5 Å². The Morgan fingerprint density at radius 2 is 1.95 bits per heavy atom. The van der Waals surface area contributed by atoms with Crippen molar-refractivity contribution in [2.75, 3.05) is 31.4 Å². The Labute approximate surface area is 134 Å². The highest BCUT2D eigenvalue weighted by atomic mass is 35.5. The van der Waals surface area contributed by atoms with E-state index in [4.69, 9.17) is 21.1 Å². The maximum Gasteiger partial charge on any atom is 0.229 e. The van der Waals surface area contributed by atoms with Gasteiger partial charge in [-0.2, -0.15) is 4.98 Å². The molecule has 0 spiro atoms. The van der Waals surface area contributed by atoms with Crippen LogP contribution in [0.25, 0.3) is 0 Å². The van der Waals surface area contributed by atoms with Crippen LogP contribution in [0.15, 0.2) is 24.4 Å². The lowest BCUT2D eigenvalue weighted by Gasteiger charge is -2.13. The van der Waals surface area contributed by atoms with Crippen molar-refractivity contribution < 1.29 is 9.47 Å². The monoisotopic (exact) mass is 322 g/mol.